The third-order valence-electron chi connectivity index (χ3n) is 10.9. The maximum atomic E-state index is 10.3. The van der Waals surface area contributed by atoms with Gasteiger partial charge in [0.1, 0.15) is 11.2 Å². The molecule has 0 radical (unpaired) electrons. The van der Waals surface area contributed by atoms with Crippen LogP contribution in [0, 0.1) is 11.3 Å². The molecule has 1 spiro atoms. The van der Waals surface area contributed by atoms with Crippen LogP contribution in [0.2, 0.25) is 0 Å². The number of nitriles is 1. The summed E-state index contributed by atoms with van der Waals surface area (Å²) in [4.78, 5) is 10.6. The summed E-state index contributed by atoms with van der Waals surface area (Å²) < 4.78 is 6.30. The van der Waals surface area contributed by atoms with E-state index in [0.717, 1.165) is 81.3 Å². The first-order valence-electron chi connectivity index (χ1n) is 17.2. The molecule has 10 rings (SSSR count). The topological polar surface area (TPSA) is 62.7 Å². The van der Waals surface area contributed by atoms with Crippen molar-refractivity contribution in [3.8, 4) is 51.1 Å². The molecule has 49 heavy (non-hydrogen) atoms. The van der Waals surface area contributed by atoms with E-state index in [4.69, 9.17) is 14.4 Å². The van der Waals surface area contributed by atoms with E-state index in [2.05, 4.69) is 103 Å². The minimum absolute atomic E-state index is 0.144. The second-order valence-electron chi connectivity index (χ2n) is 13.5. The third-order valence-corrected chi connectivity index (χ3v) is 10.9. The number of hydrogen-bond acceptors (Lipinski definition) is 4. The van der Waals surface area contributed by atoms with E-state index in [1.165, 1.54) is 39.4 Å². The highest BCUT2D eigenvalue weighted by molar-refractivity contribution is 6.05. The molecular formula is C45H31N3O. The molecule has 0 aliphatic heterocycles. The fourth-order valence-corrected chi connectivity index (χ4v) is 8.71. The van der Waals surface area contributed by atoms with Crippen molar-refractivity contribution in [2.45, 2.75) is 37.5 Å². The zero-order valence-electron chi connectivity index (χ0n) is 26.9. The van der Waals surface area contributed by atoms with Crippen LogP contribution < -0.4 is 0 Å². The molecule has 1 saturated carbocycles. The Morgan fingerprint density at radius 1 is 0.592 bits per heavy atom. The SMILES string of the molecule is N#Cc1cccc2c1C1(CCCCC1)c1cccc(-c3cc(-c4ccc5ccccc5c4)nc(-c4ccc5c(c4)oc4ccccc45)n3)c1-2. The van der Waals surface area contributed by atoms with Crippen LogP contribution in [0.25, 0.3) is 77.7 Å². The Bertz CT molecular complexity index is 2670. The van der Waals surface area contributed by atoms with Gasteiger partial charge < -0.3 is 4.42 Å². The molecule has 0 atom stereocenters. The molecule has 2 heterocycles. The first-order chi connectivity index (χ1) is 24.2. The number of benzene rings is 6. The minimum Gasteiger partial charge on any atom is -0.456 e. The second kappa shape index (κ2) is 10.7. The molecular weight excluding hydrogens is 599 g/mol. The van der Waals surface area contributed by atoms with Crippen molar-refractivity contribution in [1.82, 2.24) is 9.97 Å². The molecule has 2 aromatic heterocycles. The Hall–Kier alpha value is -6.05. The van der Waals surface area contributed by atoms with Crippen molar-refractivity contribution in [3.05, 3.63) is 144 Å². The first-order valence-corrected chi connectivity index (χ1v) is 17.2. The molecule has 2 aliphatic carbocycles. The van der Waals surface area contributed by atoms with E-state index < -0.39 is 0 Å². The number of fused-ring (bicyclic) bond motifs is 9. The van der Waals surface area contributed by atoms with Crippen molar-refractivity contribution in [2.75, 3.05) is 0 Å². The summed E-state index contributed by atoms with van der Waals surface area (Å²) in [5, 5.41) is 14.9. The summed E-state index contributed by atoms with van der Waals surface area (Å²) >= 11 is 0. The minimum atomic E-state index is -0.144. The van der Waals surface area contributed by atoms with Crippen LogP contribution in [0.3, 0.4) is 0 Å². The van der Waals surface area contributed by atoms with E-state index in [9.17, 15) is 5.26 Å². The predicted octanol–water partition coefficient (Wildman–Crippen LogP) is 11.6. The fraction of sp³-hybridized carbons (Fsp3) is 0.133. The smallest absolute Gasteiger partial charge is 0.160 e. The number of para-hydroxylation sites is 1. The van der Waals surface area contributed by atoms with E-state index >= 15 is 0 Å². The number of furan rings is 1. The van der Waals surface area contributed by atoms with Crippen molar-refractivity contribution in [3.63, 3.8) is 0 Å². The number of hydrogen-bond donors (Lipinski definition) is 0. The van der Waals surface area contributed by atoms with Crippen molar-refractivity contribution < 1.29 is 4.42 Å². The molecule has 0 unspecified atom stereocenters. The molecule has 8 aromatic rings. The van der Waals surface area contributed by atoms with Crippen LogP contribution in [-0.4, -0.2) is 9.97 Å². The van der Waals surface area contributed by atoms with Gasteiger partial charge in [-0.2, -0.15) is 5.26 Å². The maximum absolute atomic E-state index is 10.3. The third kappa shape index (κ3) is 4.22. The Labute approximate surface area is 284 Å². The first kappa shape index (κ1) is 28.0. The summed E-state index contributed by atoms with van der Waals surface area (Å²) in [6, 6.07) is 47.0. The largest absolute Gasteiger partial charge is 0.456 e. The zero-order valence-corrected chi connectivity index (χ0v) is 26.9. The summed E-state index contributed by atoms with van der Waals surface area (Å²) in [6.45, 7) is 0. The standard InChI is InChI=1S/C45H31N3O/c46-27-32-12-8-15-36-42-35(14-9-16-37(42)45(43(32)36)22-6-1-7-23-45)39-26-38(30-19-18-28-10-2-3-11-29(28)24-30)47-44(48-39)31-20-21-34-33-13-4-5-17-40(33)49-41(34)25-31/h2-5,8-21,24-26H,1,6-7,22-23H2. The van der Waals surface area contributed by atoms with E-state index in [1.54, 1.807) is 0 Å². The highest BCUT2D eigenvalue weighted by atomic mass is 16.3. The van der Waals surface area contributed by atoms with Crippen LogP contribution in [0.4, 0.5) is 0 Å². The number of aromatic nitrogens is 2. The van der Waals surface area contributed by atoms with E-state index in [-0.39, 0.29) is 5.41 Å². The van der Waals surface area contributed by atoms with Gasteiger partial charge in [0.15, 0.2) is 5.82 Å². The van der Waals surface area contributed by atoms with Gasteiger partial charge in [-0.15, -0.1) is 0 Å². The van der Waals surface area contributed by atoms with Gasteiger partial charge >= 0.3 is 0 Å². The lowest BCUT2D eigenvalue weighted by Crippen LogP contribution is -2.29. The van der Waals surface area contributed by atoms with Crippen molar-refractivity contribution in [1.29, 1.82) is 5.26 Å². The Balaban J connectivity index is 1.23. The highest BCUT2D eigenvalue weighted by Crippen LogP contribution is 2.58. The van der Waals surface area contributed by atoms with E-state index in [1.807, 2.05) is 30.3 Å². The van der Waals surface area contributed by atoms with Crippen molar-refractivity contribution in [2.24, 2.45) is 0 Å². The normalized spacial score (nSPS) is 14.7. The molecule has 0 saturated heterocycles. The van der Waals surface area contributed by atoms with Crippen LogP contribution >= 0.6 is 0 Å². The van der Waals surface area contributed by atoms with Gasteiger partial charge in [-0.3, -0.25) is 0 Å². The average Bonchev–Trinajstić information content (AvgIpc) is 3.67. The lowest BCUT2D eigenvalue weighted by Gasteiger charge is -2.36. The van der Waals surface area contributed by atoms with E-state index in [0.29, 0.717) is 5.82 Å². The van der Waals surface area contributed by atoms with Gasteiger partial charge in [0.25, 0.3) is 0 Å². The van der Waals surface area contributed by atoms with Gasteiger partial charge in [-0.25, -0.2) is 9.97 Å². The summed E-state index contributed by atoms with van der Waals surface area (Å²) in [5.41, 5.74) is 12.0. The van der Waals surface area contributed by atoms with Gasteiger partial charge in [0, 0.05) is 32.9 Å². The summed E-state index contributed by atoms with van der Waals surface area (Å²) in [6.07, 6.45) is 5.68. The molecule has 2 aliphatic rings. The maximum Gasteiger partial charge on any atom is 0.160 e. The Kier molecular flexibility index (Phi) is 6.14. The lowest BCUT2D eigenvalue weighted by atomic mass is 9.67. The molecule has 0 amide bonds. The van der Waals surface area contributed by atoms with Crippen LogP contribution in [0.5, 0.6) is 0 Å². The fourth-order valence-electron chi connectivity index (χ4n) is 8.71. The molecule has 4 nitrogen and oxygen atoms in total. The highest BCUT2D eigenvalue weighted by Gasteiger charge is 2.46. The summed E-state index contributed by atoms with van der Waals surface area (Å²) in [5.74, 6) is 0.650. The number of nitrogens with zero attached hydrogens (tertiary/aromatic N) is 3. The number of rotatable bonds is 3. The molecule has 1 fully saturated rings. The quantitative estimate of drug-likeness (QED) is 0.195. The van der Waals surface area contributed by atoms with Crippen LogP contribution in [-0.2, 0) is 5.41 Å². The predicted molar refractivity (Wildman–Crippen MR) is 197 cm³/mol. The van der Waals surface area contributed by atoms with Gasteiger partial charge in [-0.05, 0) is 82.3 Å². The molecule has 232 valence electrons. The zero-order chi connectivity index (χ0) is 32.5. The van der Waals surface area contributed by atoms with Crippen LogP contribution in [0.1, 0.15) is 48.8 Å². The lowest BCUT2D eigenvalue weighted by molar-refractivity contribution is 0.352. The second-order valence-corrected chi connectivity index (χ2v) is 13.5. The molecule has 4 heteroatoms. The molecule has 6 aromatic carbocycles. The molecule has 0 N–H and O–H groups in total. The average molecular weight is 630 g/mol. The Morgan fingerprint density at radius 3 is 2.24 bits per heavy atom. The van der Waals surface area contributed by atoms with Gasteiger partial charge in [0.05, 0.1) is 23.0 Å². The van der Waals surface area contributed by atoms with Gasteiger partial charge in [-0.1, -0.05) is 110 Å². The summed E-state index contributed by atoms with van der Waals surface area (Å²) in [7, 11) is 0. The van der Waals surface area contributed by atoms with Crippen molar-refractivity contribution >= 4 is 32.7 Å². The monoisotopic (exact) mass is 629 g/mol. The van der Waals surface area contributed by atoms with Crippen LogP contribution in [0.15, 0.2) is 132 Å². The van der Waals surface area contributed by atoms with Gasteiger partial charge in [0.2, 0.25) is 0 Å². The molecule has 0 bridgehead atoms. The Morgan fingerprint density at radius 2 is 1.35 bits per heavy atom.